The van der Waals surface area contributed by atoms with Crippen LogP contribution in [0.5, 0.6) is 0 Å². The molecule has 0 radical (unpaired) electrons. The number of non-ortho nitro benzene ring substituents is 1. The van der Waals surface area contributed by atoms with E-state index >= 15 is 0 Å². The van der Waals surface area contributed by atoms with Crippen LogP contribution in [-0.4, -0.2) is 24.8 Å². The second kappa shape index (κ2) is 7.85. The quantitative estimate of drug-likeness (QED) is 0.459. The first kappa shape index (κ1) is 20.5. The molecular weight excluding hydrogens is 372 g/mol. The Labute approximate surface area is 157 Å². The lowest BCUT2D eigenvalue weighted by Crippen LogP contribution is -2.40. The van der Waals surface area contributed by atoms with Gasteiger partial charge in [0.2, 0.25) is 10.0 Å². The van der Waals surface area contributed by atoms with E-state index in [1.165, 1.54) is 42.5 Å². The molecule has 0 heterocycles. The maximum atomic E-state index is 12.2. The van der Waals surface area contributed by atoms with Crippen LogP contribution in [0, 0.1) is 10.1 Å². The first-order valence-electron chi connectivity index (χ1n) is 8.02. The number of benzene rings is 2. The Morgan fingerprint density at radius 2 is 1.78 bits per heavy atom. The molecule has 0 amide bonds. The highest BCUT2D eigenvalue weighted by atomic mass is 32.2. The fraction of sp³-hybridized carbons (Fsp3) is 0.278. The van der Waals surface area contributed by atoms with Crippen LogP contribution >= 0.6 is 0 Å². The van der Waals surface area contributed by atoms with Gasteiger partial charge in [0, 0.05) is 17.7 Å². The molecule has 9 heteroatoms. The number of nitrogens with one attached hydrogen (secondary N) is 1. The summed E-state index contributed by atoms with van der Waals surface area (Å²) in [7, 11) is -3.69. The summed E-state index contributed by atoms with van der Waals surface area (Å²) >= 11 is 0. The van der Waals surface area contributed by atoms with E-state index in [0.717, 1.165) is 0 Å². The zero-order valence-corrected chi connectivity index (χ0v) is 15.9. The third kappa shape index (κ3) is 5.87. The van der Waals surface area contributed by atoms with Crippen LogP contribution in [0.2, 0.25) is 0 Å². The second-order valence-corrected chi connectivity index (χ2v) is 8.57. The number of hydrogen-bond acceptors (Lipinski definition) is 6. The van der Waals surface area contributed by atoms with Crippen LogP contribution in [0.25, 0.3) is 0 Å². The van der Waals surface area contributed by atoms with Crippen molar-refractivity contribution < 1.29 is 22.9 Å². The summed E-state index contributed by atoms with van der Waals surface area (Å²) in [6, 6.07) is 11.1. The number of hydrogen-bond donors (Lipinski definition) is 1. The Morgan fingerprint density at radius 1 is 1.15 bits per heavy atom. The van der Waals surface area contributed by atoms with Crippen molar-refractivity contribution in [1.82, 2.24) is 4.72 Å². The van der Waals surface area contributed by atoms with Crippen LogP contribution in [0.15, 0.2) is 53.4 Å². The molecule has 1 N–H and O–H groups in total. The first-order valence-corrected chi connectivity index (χ1v) is 9.51. The lowest BCUT2D eigenvalue weighted by atomic mass is 10.1. The summed E-state index contributed by atoms with van der Waals surface area (Å²) < 4.78 is 32.1. The number of nitro groups is 1. The lowest BCUT2D eigenvalue weighted by Gasteiger charge is -2.20. The van der Waals surface area contributed by atoms with E-state index in [1.54, 1.807) is 26.8 Å². The summed E-state index contributed by atoms with van der Waals surface area (Å²) in [5, 5.41) is 10.8. The number of nitrogens with zero attached hydrogens (tertiary/aromatic N) is 1. The molecule has 0 saturated heterocycles. The molecule has 0 aliphatic heterocycles. The predicted molar refractivity (Wildman–Crippen MR) is 98.7 cm³/mol. The molecule has 0 aliphatic rings. The summed E-state index contributed by atoms with van der Waals surface area (Å²) in [6.45, 7) is 5.05. The minimum atomic E-state index is -3.69. The Hall–Kier alpha value is -2.78. The smallest absolute Gasteiger partial charge is 0.338 e. The minimum Gasteiger partial charge on any atom is -0.457 e. The van der Waals surface area contributed by atoms with E-state index in [0.29, 0.717) is 5.56 Å². The van der Waals surface area contributed by atoms with Crippen molar-refractivity contribution in [1.29, 1.82) is 0 Å². The number of carbonyl (C=O) groups excluding carboxylic acids is 1. The molecule has 0 aliphatic carbocycles. The normalized spacial score (nSPS) is 11.8. The van der Waals surface area contributed by atoms with Crippen LogP contribution in [0.4, 0.5) is 5.69 Å². The van der Waals surface area contributed by atoms with E-state index in [-0.39, 0.29) is 22.8 Å². The number of esters is 1. The highest BCUT2D eigenvalue weighted by Gasteiger charge is 2.22. The molecule has 0 unspecified atom stereocenters. The van der Waals surface area contributed by atoms with E-state index < -0.39 is 26.5 Å². The fourth-order valence-corrected chi connectivity index (χ4v) is 3.64. The van der Waals surface area contributed by atoms with Gasteiger partial charge >= 0.3 is 5.97 Å². The molecule has 0 bridgehead atoms. The van der Waals surface area contributed by atoms with Crippen molar-refractivity contribution in [2.75, 3.05) is 0 Å². The van der Waals surface area contributed by atoms with E-state index in [4.69, 9.17) is 4.74 Å². The maximum Gasteiger partial charge on any atom is 0.338 e. The van der Waals surface area contributed by atoms with Crippen LogP contribution in [-0.2, 0) is 21.4 Å². The molecule has 0 fully saturated rings. The average molecular weight is 392 g/mol. The summed E-state index contributed by atoms with van der Waals surface area (Å²) in [5.41, 5.74) is -0.0694. The highest BCUT2D eigenvalue weighted by molar-refractivity contribution is 7.89. The van der Waals surface area contributed by atoms with Crippen molar-refractivity contribution in [3.63, 3.8) is 0 Å². The van der Waals surface area contributed by atoms with Gasteiger partial charge in [0.05, 0.1) is 15.4 Å². The summed E-state index contributed by atoms with van der Waals surface area (Å²) in [4.78, 5) is 22.4. The standard InChI is InChI=1S/C18H20N2O6S/c1-18(2,3)19-27(24,25)16-9-7-14(8-10-16)17(21)26-12-13-5-4-6-15(11-13)20(22)23/h4-11,19H,12H2,1-3H3. The molecule has 2 aromatic carbocycles. The maximum absolute atomic E-state index is 12.2. The van der Waals surface area contributed by atoms with Gasteiger partial charge in [0.1, 0.15) is 6.61 Å². The number of sulfonamides is 1. The molecule has 0 aromatic heterocycles. The lowest BCUT2D eigenvalue weighted by molar-refractivity contribution is -0.384. The average Bonchev–Trinajstić information content (AvgIpc) is 2.58. The number of nitro benzene ring substituents is 1. The van der Waals surface area contributed by atoms with E-state index in [1.807, 2.05) is 0 Å². The summed E-state index contributed by atoms with van der Waals surface area (Å²) in [5.74, 6) is -0.658. The van der Waals surface area contributed by atoms with Gasteiger partial charge in [-0.3, -0.25) is 10.1 Å². The van der Waals surface area contributed by atoms with Gasteiger partial charge in [0.15, 0.2) is 0 Å². The molecule has 2 rings (SSSR count). The van der Waals surface area contributed by atoms with Crippen molar-refractivity contribution in [2.45, 2.75) is 37.8 Å². The SMILES string of the molecule is CC(C)(C)NS(=O)(=O)c1ccc(C(=O)OCc2cccc([N+](=O)[O-])c2)cc1. The van der Waals surface area contributed by atoms with Gasteiger partial charge in [0.25, 0.3) is 5.69 Å². The first-order chi connectivity index (χ1) is 12.5. The van der Waals surface area contributed by atoms with Gasteiger partial charge in [-0.25, -0.2) is 17.9 Å². The molecule has 0 saturated carbocycles. The predicted octanol–water partition coefficient (Wildman–Crippen LogP) is 3.03. The number of ether oxygens (including phenoxy) is 1. The van der Waals surface area contributed by atoms with Crippen molar-refractivity contribution in [3.8, 4) is 0 Å². The monoisotopic (exact) mass is 392 g/mol. The molecule has 2 aromatic rings. The zero-order chi connectivity index (χ0) is 20.2. The van der Waals surface area contributed by atoms with Gasteiger partial charge < -0.3 is 4.74 Å². The summed E-state index contributed by atoms with van der Waals surface area (Å²) in [6.07, 6.45) is 0. The van der Waals surface area contributed by atoms with Crippen LogP contribution in [0.1, 0.15) is 36.7 Å². The Kier molecular flexibility index (Phi) is 5.97. The topological polar surface area (TPSA) is 116 Å². The third-order valence-corrected chi connectivity index (χ3v) is 5.11. The van der Waals surface area contributed by atoms with Crippen LogP contribution in [0.3, 0.4) is 0 Å². The van der Waals surface area contributed by atoms with Gasteiger partial charge in [-0.05, 0) is 50.6 Å². The molecule has 144 valence electrons. The van der Waals surface area contributed by atoms with Crippen molar-refractivity contribution in [2.24, 2.45) is 0 Å². The van der Waals surface area contributed by atoms with Crippen LogP contribution < -0.4 is 4.72 Å². The minimum absolute atomic E-state index is 0.0349. The Balaban J connectivity index is 2.06. The third-order valence-electron chi connectivity index (χ3n) is 3.33. The molecule has 8 nitrogen and oxygen atoms in total. The van der Waals surface area contributed by atoms with Crippen molar-refractivity contribution >= 4 is 21.7 Å². The molecular formula is C18H20N2O6S. The van der Waals surface area contributed by atoms with Gasteiger partial charge in [-0.2, -0.15) is 0 Å². The van der Waals surface area contributed by atoms with Gasteiger partial charge in [-0.1, -0.05) is 12.1 Å². The Morgan fingerprint density at radius 3 is 2.33 bits per heavy atom. The van der Waals surface area contributed by atoms with E-state index in [2.05, 4.69) is 4.72 Å². The second-order valence-electron chi connectivity index (χ2n) is 6.88. The molecule has 27 heavy (non-hydrogen) atoms. The van der Waals surface area contributed by atoms with E-state index in [9.17, 15) is 23.3 Å². The molecule has 0 spiro atoms. The van der Waals surface area contributed by atoms with Gasteiger partial charge in [-0.15, -0.1) is 0 Å². The number of rotatable bonds is 6. The number of carbonyl (C=O) groups is 1. The highest BCUT2D eigenvalue weighted by Crippen LogP contribution is 2.16. The van der Waals surface area contributed by atoms with Crippen molar-refractivity contribution in [3.05, 3.63) is 69.8 Å². The zero-order valence-electron chi connectivity index (χ0n) is 15.1. The molecule has 0 atom stereocenters. The fourth-order valence-electron chi connectivity index (χ4n) is 2.22. The Bertz CT molecular complexity index is 947. The largest absolute Gasteiger partial charge is 0.457 e.